The molecule has 3 nitrogen and oxygen atoms in total. The van der Waals surface area contributed by atoms with Crippen LogP contribution in [0.1, 0.15) is 24.4 Å². The summed E-state index contributed by atoms with van der Waals surface area (Å²) in [5.41, 5.74) is 7.35. The van der Waals surface area contributed by atoms with Crippen molar-refractivity contribution in [3.63, 3.8) is 0 Å². The fourth-order valence-electron chi connectivity index (χ4n) is 1.91. The molecule has 0 aliphatic carbocycles. The average Bonchev–Trinajstić information content (AvgIpc) is 2.39. The summed E-state index contributed by atoms with van der Waals surface area (Å²) < 4.78 is 40.1. The SMILES string of the molecule is NC1CCCNc2ccc(OC(F)(F)F)cc21. The summed E-state index contributed by atoms with van der Waals surface area (Å²) in [6.07, 6.45) is -3.03. The van der Waals surface area contributed by atoms with E-state index in [1.165, 1.54) is 12.1 Å². The number of hydrogen-bond acceptors (Lipinski definition) is 3. The highest BCUT2D eigenvalue weighted by molar-refractivity contribution is 5.56. The highest BCUT2D eigenvalue weighted by atomic mass is 19.4. The van der Waals surface area contributed by atoms with Crippen LogP contribution in [0.5, 0.6) is 5.75 Å². The van der Waals surface area contributed by atoms with Crippen LogP contribution < -0.4 is 15.8 Å². The summed E-state index contributed by atoms with van der Waals surface area (Å²) in [4.78, 5) is 0. The van der Waals surface area contributed by atoms with Crippen LogP contribution in [0.2, 0.25) is 0 Å². The van der Waals surface area contributed by atoms with Crippen molar-refractivity contribution in [2.24, 2.45) is 5.73 Å². The predicted octanol–water partition coefficient (Wildman–Crippen LogP) is 2.79. The van der Waals surface area contributed by atoms with Gasteiger partial charge in [-0.2, -0.15) is 0 Å². The van der Waals surface area contributed by atoms with E-state index < -0.39 is 6.36 Å². The highest BCUT2D eigenvalue weighted by Crippen LogP contribution is 2.32. The molecule has 0 amide bonds. The van der Waals surface area contributed by atoms with Gasteiger partial charge in [0.05, 0.1) is 0 Å². The molecule has 6 heteroatoms. The standard InChI is InChI=1S/C11H13F3N2O/c12-11(13,14)17-7-3-4-10-8(6-7)9(15)2-1-5-16-10/h3-4,6,9,16H,1-2,5,15H2. The first-order chi connectivity index (χ1) is 7.96. The maximum Gasteiger partial charge on any atom is 0.573 e. The van der Waals surface area contributed by atoms with E-state index in [4.69, 9.17) is 5.73 Å². The van der Waals surface area contributed by atoms with E-state index in [0.29, 0.717) is 5.56 Å². The molecule has 0 radical (unpaired) electrons. The van der Waals surface area contributed by atoms with E-state index in [1.807, 2.05) is 0 Å². The van der Waals surface area contributed by atoms with Crippen molar-refractivity contribution in [2.75, 3.05) is 11.9 Å². The Hall–Kier alpha value is -1.43. The van der Waals surface area contributed by atoms with Crippen LogP contribution >= 0.6 is 0 Å². The molecule has 0 saturated heterocycles. The third-order valence-electron chi connectivity index (χ3n) is 2.66. The Morgan fingerprint density at radius 1 is 1.35 bits per heavy atom. The number of rotatable bonds is 1. The van der Waals surface area contributed by atoms with Gasteiger partial charge >= 0.3 is 6.36 Å². The topological polar surface area (TPSA) is 47.3 Å². The fourth-order valence-corrected chi connectivity index (χ4v) is 1.91. The quantitative estimate of drug-likeness (QED) is 0.801. The maximum absolute atomic E-state index is 12.1. The summed E-state index contributed by atoms with van der Waals surface area (Å²) in [6, 6.07) is 3.96. The van der Waals surface area contributed by atoms with E-state index in [2.05, 4.69) is 10.1 Å². The highest BCUT2D eigenvalue weighted by Gasteiger charge is 2.31. The lowest BCUT2D eigenvalue weighted by atomic mass is 10.0. The Bertz CT molecular complexity index is 406. The number of benzene rings is 1. The van der Waals surface area contributed by atoms with E-state index in [1.54, 1.807) is 6.07 Å². The van der Waals surface area contributed by atoms with Crippen molar-refractivity contribution in [3.05, 3.63) is 23.8 Å². The van der Waals surface area contributed by atoms with Crippen LogP contribution in [0.4, 0.5) is 18.9 Å². The van der Waals surface area contributed by atoms with Crippen molar-refractivity contribution in [1.29, 1.82) is 0 Å². The number of nitrogens with two attached hydrogens (primary N) is 1. The Morgan fingerprint density at radius 3 is 2.82 bits per heavy atom. The van der Waals surface area contributed by atoms with E-state index >= 15 is 0 Å². The van der Waals surface area contributed by atoms with Gasteiger partial charge in [-0.05, 0) is 36.6 Å². The molecule has 1 aromatic rings. The molecule has 0 aromatic heterocycles. The van der Waals surface area contributed by atoms with Gasteiger partial charge in [0.25, 0.3) is 0 Å². The number of fused-ring (bicyclic) bond motifs is 1. The lowest BCUT2D eigenvalue weighted by Crippen LogP contribution is -2.18. The molecule has 1 unspecified atom stereocenters. The van der Waals surface area contributed by atoms with Crippen molar-refractivity contribution in [2.45, 2.75) is 25.2 Å². The van der Waals surface area contributed by atoms with E-state index in [9.17, 15) is 13.2 Å². The first kappa shape index (κ1) is 12.0. The van der Waals surface area contributed by atoms with Gasteiger partial charge in [0, 0.05) is 18.3 Å². The molecular weight excluding hydrogens is 233 g/mol. The molecule has 1 aliphatic rings. The first-order valence-corrected chi connectivity index (χ1v) is 5.35. The molecule has 3 N–H and O–H groups in total. The molecule has 0 bridgehead atoms. The Labute approximate surface area is 96.8 Å². The lowest BCUT2D eigenvalue weighted by molar-refractivity contribution is -0.274. The van der Waals surface area contributed by atoms with Crippen LogP contribution in [0.25, 0.3) is 0 Å². The van der Waals surface area contributed by atoms with Gasteiger partial charge in [-0.15, -0.1) is 13.2 Å². The predicted molar refractivity (Wildman–Crippen MR) is 57.8 cm³/mol. The lowest BCUT2D eigenvalue weighted by Gasteiger charge is -2.15. The number of anilines is 1. The third-order valence-corrected chi connectivity index (χ3v) is 2.66. The van der Waals surface area contributed by atoms with Gasteiger partial charge in [-0.3, -0.25) is 0 Å². The fraction of sp³-hybridized carbons (Fsp3) is 0.455. The minimum atomic E-state index is -4.67. The number of halogens is 3. The van der Waals surface area contributed by atoms with Crippen LogP contribution in [-0.2, 0) is 0 Å². The van der Waals surface area contributed by atoms with Gasteiger partial charge in [0.1, 0.15) is 5.75 Å². The van der Waals surface area contributed by atoms with Crippen molar-refractivity contribution < 1.29 is 17.9 Å². The molecule has 17 heavy (non-hydrogen) atoms. The summed E-state index contributed by atoms with van der Waals surface area (Å²) in [5.74, 6) is -0.226. The Morgan fingerprint density at radius 2 is 2.12 bits per heavy atom. The van der Waals surface area contributed by atoms with Crippen LogP contribution in [0, 0.1) is 0 Å². The monoisotopic (exact) mass is 246 g/mol. The van der Waals surface area contributed by atoms with Gasteiger partial charge < -0.3 is 15.8 Å². The molecule has 2 rings (SSSR count). The Kier molecular flexibility index (Phi) is 3.15. The average molecular weight is 246 g/mol. The normalized spacial score (nSPS) is 20.1. The molecule has 1 atom stereocenters. The zero-order chi connectivity index (χ0) is 12.5. The first-order valence-electron chi connectivity index (χ1n) is 5.35. The molecule has 0 fully saturated rings. The number of alkyl halides is 3. The van der Waals surface area contributed by atoms with Gasteiger partial charge in [-0.25, -0.2) is 0 Å². The molecule has 1 heterocycles. The molecular formula is C11H13F3N2O. The minimum Gasteiger partial charge on any atom is -0.406 e. The minimum absolute atomic E-state index is 0.226. The summed E-state index contributed by atoms with van der Waals surface area (Å²) >= 11 is 0. The summed E-state index contributed by atoms with van der Waals surface area (Å²) in [6.45, 7) is 0.778. The van der Waals surface area contributed by atoms with Crippen LogP contribution in [0.3, 0.4) is 0 Å². The van der Waals surface area contributed by atoms with Crippen LogP contribution in [-0.4, -0.2) is 12.9 Å². The molecule has 0 spiro atoms. The number of hydrogen-bond donors (Lipinski definition) is 2. The van der Waals surface area contributed by atoms with Crippen LogP contribution in [0.15, 0.2) is 18.2 Å². The number of nitrogens with one attached hydrogen (secondary N) is 1. The summed E-state index contributed by atoms with van der Waals surface area (Å²) in [5, 5.41) is 3.13. The van der Waals surface area contributed by atoms with Gasteiger partial charge in [-0.1, -0.05) is 0 Å². The second kappa shape index (κ2) is 4.44. The molecule has 1 aromatic carbocycles. The van der Waals surface area contributed by atoms with Gasteiger partial charge in [0.2, 0.25) is 0 Å². The van der Waals surface area contributed by atoms with E-state index in [-0.39, 0.29) is 11.8 Å². The molecule has 0 saturated carbocycles. The molecule has 1 aliphatic heterocycles. The Balaban J connectivity index is 2.28. The summed E-state index contributed by atoms with van der Waals surface area (Å²) in [7, 11) is 0. The smallest absolute Gasteiger partial charge is 0.406 e. The maximum atomic E-state index is 12.1. The molecule has 94 valence electrons. The van der Waals surface area contributed by atoms with Gasteiger partial charge in [0.15, 0.2) is 0 Å². The number of ether oxygens (including phenoxy) is 1. The van der Waals surface area contributed by atoms with Crippen molar-refractivity contribution in [1.82, 2.24) is 0 Å². The second-order valence-electron chi connectivity index (χ2n) is 3.97. The zero-order valence-corrected chi connectivity index (χ0v) is 9.05. The third kappa shape index (κ3) is 3.03. The van der Waals surface area contributed by atoms with Crippen molar-refractivity contribution >= 4 is 5.69 Å². The van der Waals surface area contributed by atoms with E-state index in [0.717, 1.165) is 25.1 Å². The second-order valence-corrected chi connectivity index (χ2v) is 3.97. The largest absolute Gasteiger partial charge is 0.573 e. The van der Waals surface area contributed by atoms with Crippen molar-refractivity contribution in [3.8, 4) is 5.75 Å². The zero-order valence-electron chi connectivity index (χ0n) is 9.05.